The molecule has 3 rings (SSSR count). The lowest BCUT2D eigenvalue weighted by Gasteiger charge is -2.33. The molecular weight excluding hydrogens is 326 g/mol. The van der Waals surface area contributed by atoms with Crippen LogP contribution in [-0.2, 0) is 4.79 Å². The Kier molecular flexibility index (Phi) is 4.71. The van der Waals surface area contributed by atoms with Gasteiger partial charge in [0.05, 0.1) is 5.92 Å². The van der Waals surface area contributed by atoms with E-state index >= 15 is 0 Å². The van der Waals surface area contributed by atoms with Gasteiger partial charge in [-0.2, -0.15) is 0 Å². The van der Waals surface area contributed by atoms with Gasteiger partial charge in [0.25, 0.3) is 0 Å². The van der Waals surface area contributed by atoms with Crippen molar-refractivity contribution in [3.8, 4) is 11.4 Å². The molecule has 0 radical (unpaired) electrons. The average molecular weight is 346 g/mol. The number of halogens is 1. The van der Waals surface area contributed by atoms with Crippen LogP contribution < -0.4 is 4.90 Å². The van der Waals surface area contributed by atoms with Crippen molar-refractivity contribution < 1.29 is 9.90 Å². The number of carboxylic acid groups (broad SMARTS) is 1. The molecular formula is C18H20ClN3O2. The Morgan fingerprint density at radius 3 is 2.62 bits per heavy atom. The monoisotopic (exact) mass is 345 g/mol. The summed E-state index contributed by atoms with van der Waals surface area (Å²) < 4.78 is 0. The van der Waals surface area contributed by atoms with E-state index in [4.69, 9.17) is 16.6 Å². The van der Waals surface area contributed by atoms with E-state index in [9.17, 15) is 9.90 Å². The Morgan fingerprint density at radius 2 is 1.96 bits per heavy atom. The Labute approximate surface area is 146 Å². The fraction of sp³-hybridized carbons (Fsp3) is 0.389. The van der Waals surface area contributed by atoms with E-state index in [0.717, 1.165) is 42.0 Å². The second-order valence-electron chi connectivity index (χ2n) is 6.21. The summed E-state index contributed by atoms with van der Waals surface area (Å²) in [5, 5.41) is 9.98. The maximum absolute atomic E-state index is 11.3. The van der Waals surface area contributed by atoms with E-state index in [2.05, 4.69) is 9.88 Å². The molecule has 5 nitrogen and oxygen atoms in total. The summed E-state index contributed by atoms with van der Waals surface area (Å²) in [5.74, 6) is 0.397. The highest BCUT2D eigenvalue weighted by Crippen LogP contribution is 2.28. The van der Waals surface area contributed by atoms with Crippen LogP contribution in [0.5, 0.6) is 0 Å². The van der Waals surface area contributed by atoms with E-state index in [0.29, 0.717) is 17.4 Å². The molecule has 2 aromatic rings. The first kappa shape index (κ1) is 16.7. The minimum Gasteiger partial charge on any atom is -0.481 e. The lowest BCUT2D eigenvalue weighted by atomic mass is 9.98. The van der Waals surface area contributed by atoms with Crippen LogP contribution in [0.25, 0.3) is 11.4 Å². The second kappa shape index (κ2) is 6.77. The molecule has 1 N–H and O–H groups in total. The number of piperidine rings is 1. The van der Waals surface area contributed by atoms with E-state index < -0.39 is 5.97 Å². The molecule has 24 heavy (non-hydrogen) atoms. The largest absolute Gasteiger partial charge is 0.481 e. The summed E-state index contributed by atoms with van der Waals surface area (Å²) in [5.41, 5.74) is 2.80. The Balaban J connectivity index is 1.98. The SMILES string of the molecule is Cc1nc(-c2ccc(Cl)cc2)nc(N2CCCC(C(=O)O)C2)c1C. The molecule has 0 saturated carbocycles. The molecule has 1 unspecified atom stereocenters. The fourth-order valence-electron chi connectivity index (χ4n) is 3.02. The van der Waals surface area contributed by atoms with Gasteiger partial charge in [0.15, 0.2) is 5.82 Å². The van der Waals surface area contributed by atoms with Crippen molar-refractivity contribution in [2.75, 3.05) is 18.0 Å². The van der Waals surface area contributed by atoms with Crippen LogP contribution in [0.2, 0.25) is 5.02 Å². The van der Waals surface area contributed by atoms with E-state index in [1.165, 1.54) is 0 Å². The summed E-state index contributed by atoms with van der Waals surface area (Å²) >= 11 is 5.95. The predicted octanol–water partition coefficient (Wildman–Crippen LogP) is 3.71. The third-order valence-electron chi connectivity index (χ3n) is 4.54. The van der Waals surface area contributed by atoms with E-state index in [1.54, 1.807) is 0 Å². The molecule has 0 aliphatic carbocycles. The van der Waals surface area contributed by atoms with Crippen molar-refractivity contribution in [1.82, 2.24) is 9.97 Å². The van der Waals surface area contributed by atoms with Crippen molar-refractivity contribution in [2.24, 2.45) is 5.92 Å². The van der Waals surface area contributed by atoms with E-state index in [-0.39, 0.29) is 5.92 Å². The van der Waals surface area contributed by atoms with Crippen molar-refractivity contribution in [3.63, 3.8) is 0 Å². The molecule has 126 valence electrons. The predicted molar refractivity (Wildman–Crippen MR) is 94.5 cm³/mol. The molecule has 6 heteroatoms. The van der Waals surface area contributed by atoms with Crippen molar-refractivity contribution in [1.29, 1.82) is 0 Å². The second-order valence-corrected chi connectivity index (χ2v) is 6.65. The molecule has 1 atom stereocenters. The van der Waals surface area contributed by atoms with Crippen LogP contribution >= 0.6 is 11.6 Å². The van der Waals surface area contributed by atoms with Gasteiger partial charge in [0.1, 0.15) is 5.82 Å². The number of aryl methyl sites for hydroxylation is 1. The molecule has 2 heterocycles. The number of hydrogen-bond acceptors (Lipinski definition) is 4. The van der Waals surface area contributed by atoms with Crippen molar-refractivity contribution >= 4 is 23.4 Å². The number of benzene rings is 1. The van der Waals surface area contributed by atoms with Crippen LogP contribution in [0.3, 0.4) is 0 Å². The Morgan fingerprint density at radius 1 is 1.25 bits per heavy atom. The molecule has 0 bridgehead atoms. The van der Waals surface area contributed by atoms with Crippen LogP contribution in [0, 0.1) is 19.8 Å². The number of carbonyl (C=O) groups is 1. The van der Waals surface area contributed by atoms with Gasteiger partial charge < -0.3 is 10.0 Å². The first-order chi connectivity index (χ1) is 11.5. The Hall–Kier alpha value is -2.14. The zero-order valence-corrected chi connectivity index (χ0v) is 14.5. The number of carboxylic acids is 1. The average Bonchev–Trinajstić information content (AvgIpc) is 2.58. The molecule has 0 amide bonds. The number of aromatic nitrogens is 2. The maximum Gasteiger partial charge on any atom is 0.308 e. The van der Waals surface area contributed by atoms with Gasteiger partial charge in [0, 0.05) is 34.9 Å². The van der Waals surface area contributed by atoms with Gasteiger partial charge in [0.2, 0.25) is 0 Å². The van der Waals surface area contributed by atoms with Gasteiger partial charge in [-0.1, -0.05) is 11.6 Å². The fourth-order valence-corrected chi connectivity index (χ4v) is 3.15. The van der Waals surface area contributed by atoms with Gasteiger partial charge >= 0.3 is 5.97 Å². The summed E-state index contributed by atoms with van der Waals surface area (Å²) in [4.78, 5) is 22.7. The van der Waals surface area contributed by atoms with Crippen molar-refractivity contribution in [3.05, 3.63) is 40.5 Å². The molecule has 1 aliphatic rings. The zero-order chi connectivity index (χ0) is 17.3. The third-order valence-corrected chi connectivity index (χ3v) is 4.79. The molecule has 1 fully saturated rings. The smallest absolute Gasteiger partial charge is 0.308 e. The van der Waals surface area contributed by atoms with Crippen molar-refractivity contribution in [2.45, 2.75) is 26.7 Å². The number of rotatable bonds is 3. The lowest BCUT2D eigenvalue weighted by Crippen LogP contribution is -2.39. The Bertz CT molecular complexity index is 762. The number of hydrogen-bond donors (Lipinski definition) is 1. The normalized spacial score (nSPS) is 17.8. The maximum atomic E-state index is 11.3. The highest BCUT2D eigenvalue weighted by Gasteiger charge is 2.27. The first-order valence-electron chi connectivity index (χ1n) is 8.04. The quantitative estimate of drug-likeness (QED) is 0.918. The van der Waals surface area contributed by atoms with Crippen LogP contribution in [0.1, 0.15) is 24.1 Å². The minimum absolute atomic E-state index is 0.340. The van der Waals surface area contributed by atoms with Crippen LogP contribution in [0.15, 0.2) is 24.3 Å². The highest BCUT2D eigenvalue weighted by molar-refractivity contribution is 6.30. The highest BCUT2D eigenvalue weighted by atomic mass is 35.5. The van der Waals surface area contributed by atoms with Gasteiger partial charge in [-0.05, 0) is 51.0 Å². The zero-order valence-electron chi connectivity index (χ0n) is 13.8. The van der Waals surface area contributed by atoms with E-state index in [1.807, 2.05) is 38.1 Å². The number of nitrogens with zero attached hydrogens (tertiary/aromatic N) is 3. The summed E-state index contributed by atoms with van der Waals surface area (Å²) in [6.45, 7) is 5.26. The topological polar surface area (TPSA) is 66.3 Å². The molecule has 0 spiro atoms. The molecule has 1 aromatic heterocycles. The summed E-state index contributed by atoms with van der Waals surface area (Å²) in [7, 11) is 0. The summed E-state index contributed by atoms with van der Waals surface area (Å²) in [6, 6.07) is 7.42. The standard InChI is InChI=1S/C18H20ClN3O2/c1-11-12(2)20-16(13-5-7-15(19)8-6-13)21-17(11)22-9-3-4-14(10-22)18(23)24/h5-8,14H,3-4,9-10H2,1-2H3,(H,23,24). The van der Waals surface area contributed by atoms with Crippen LogP contribution in [-0.4, -0.2) is 34.1 Å². The lowest BCUT2D eigenvalue weighted by molar-refractivity contribution is -0.141. The van der Waals surface area contributed by atoms with Gasteiger partial charge in [-0.25, -0.2) is 9.97 Å². The molecule has 1 saturated heterocycles. The summed E-state index contributed by atoms with van der Waals surface area (Å²) in [6.07, 6.45) is 1.58. The first-order valence-corrected chi connectivity index (χ1v) is 8.42. The van der Waals surface area contributed by atoms with Crippen LogP contribution in [0.4, 0.5) is 5.82 Å². The van der Waals surface area contributed by atoms with Gasteiger partial charge in [-0.15, -0.1) is 0 Å². The molecule has 1 aromatic carbocycles. The van der Waals surface area contributed by atoms with Gasteiger partial charge in [-0.3, -0.25) is 4.79 Å². The minimum atomic E-state index is -0.735. The third kappa shape index (κ3) is 3.36. The molecule has 1 aliphatic heterocycles. The number of aliphatic carboxylic acids is 1. The number of anilines is 1.